The molecule has 44 heavy (non-hydrogen) atoms. The van der Waals surface area contributed by atoms with Gasteiger partial charge in [-0.05, 0) is 47.4 Å². The molecule has 0 aliphatic carbocycles. The van der Waals surface area contributed by atoms with Gasteiger partial charge < -0.3 is 35.3 Å². The average Bonchev–Trinajstić information content (AvgIpc) is 3.43. The van der Waals surface area contributed by atoms with Gasteiger partial charge in [-0.3, -0.25) is 9.59 Å². The van der Waals surface area contributed by atoms with Crippen LogP contribution in [0.4, 0.5) is 4.79 Å². The minimum Gasteiger partial charge on any atom is -0.493 e. The van der Waals surface area contributed by atoms with E-state index in [1.54, 1.807) is 29.4 Å². The van der Waals surface area contributed by atoms with Gasteiger partial charge >= 0.3 is 6.03 Å². The summed E-state index contributed by atoms with van der Waals surface area (Å²) in [6.07, 6.45) is 2.05. The molecule has 2 heterocycles. The lowest BCUT2D eigenvalue weighted by atomic mass is 9.99. The molecule has 0 saturated heterocycles. The maximum atomic E-state index is 14.1. The van der Waals surface area contributed by atoms with Crippen molar-refractivity contribution in [3.8, 4) is 11.5 Å². The highest BCUT2D eigenvalue weighted by molar-refractivity contribution is 5.98. The molecule has 0 fully saturated rings. The largest absolute Gasteiger partial charge is 0.493 e. The number of rotatable bonds is 10. The van der Waals surface area contributed by atoms with E-state index in [-0.39, 0.29) is 37.9 Å². The van der Waals surface area contributed by atoms with Crippen LogP contribution in [0.2, 0.25) is 0 Å². The van der Waals surface area contributed by atoms with Crippen LogP contribution in [0.15, 0.2) is 73.1 Å². The monoisotopic (exact) mass is 596 g/mol. The van der Waals surface area contributed by atoms with Crippen LogP contribution >= 0.6 is 0 Å². The zero-order valence-electron chi connectivity index (χ0n) is 25.0. The summed E-state index contributed by atoms with van der Waals surface area (Å²) in [5.41, 5.74) is 11.3. The number of aromatic nitrogens is 2. The smallest absolute Gasteiger partial charge is 0.312 e. The van der Waals surface area contributed by atoms with E-state index in [0.29, 0.717) is 23.6 Å². The van der Waals surface area contributed by atoms with E-state index in [1.165, 1.54) is 14.2 Å². The fourth-order valence-corrected chi connectivity index (χ4v) is 5.40. The first-order valence-electron chi connectivity index (χ1n) is 14.3. The van der Waals surface area contributed by atoms with Crippen molar-refractivity contribution in [2.75, 3.05) is 14.2 Å². The minimum absolute atomic E-state index is 0.209. The molecule has 0 saturated carbocycles. The number of imidazole rings is 1. The standard InChI is InChI=1S/C33H36N6O5/c1-21-7-4-5-10-25(21)18-38-20-37-26-15-27(31(40)35-16-22-8-6-9-23(13-22)17-36-33(34)42)39(19-28(26)38)32(41)24-11-12-29(43-2)30(14-24)44-3/h4-14,20,27H,15-19H2,1-3H3,(H,35,40)(H3,34,36,42). The number of hydrogen-bond acceptors (Lipinski definition) is 6. The number of aryl methyl sites for hydroxylation is 1. The molecule has 11 heteroatoms. The number of fused-ring (bicyclic) bond motifs is 1. The second-order valence-corrected chi connectivity index (χ2v) is 10.7. The van der Waals surface area contributed by atoms with Crippen LogP contribution < -0.4 is 25.8 Å². The van der Waals surface area contributed by atoms with Gasteiger partial charge in [-0.25, -0.2) is 9.78 Å². The molecule has 1 aliphatic rings. The Labute approximate surface area is 256 Å². The van der Waals surface area contributed by atoms with Crippen LogP contribution in [-0.2, 0) is 37.4 Å². The number of carbonyl (C=O) groups excluding carboxylic acids is 3. The molecule has 1 atom stereocenters. The number of ether oxygens (including phenoxy) is 2. The Hall–Kier alpha value is -5.32. The average molecular weight is 597 g/mol. The highest BCUT2D eigenvalue weighted by atomic mass is 16.5. The van der Waals surface area contributed by atoms with Crippen molar-refractivity contribution in [1.29, 1.82) is 0 Å². The van der Waals surface area contributed by atoms with Crippen LogP contribution in [0.3, 0.4) is 0 Å². The van der Waals surface area contributed by atoms with Crippen molar-refractivity contribution in [2.24, 2.45) is 5.73 Å². The molecule has 0 bridgehead atoms. The van der Waals surface area contributed by atoms with Crippen molar-refractivity contribution < 1.29 is 23.9 Å². The maximum Gasteiger partial charge on any atom is 0.312 e. The quantitative estimate of drug-likeness (QED) is 0.257. The van der Waals surface area contributed by atoms with Gasteiger partial charge in [0, 0.05) is 31.6 Å². The van der Waals surface area contributed by atoms with E-state index in [1.807, 2.05) is 41.0 Å². The second kappa shape index (κ2) is 13.3. The number of urea groups is 1. The maximum absolute atomic E-state index is 14.1. The summed E-state index contributed by atoms with van der Waals surface area (Å²) in [4.78, 5) is 45.2. The molecule has 1 aliphatic heterocycles. The van der Waals surface area contributed by atoms with E-state index in [2.05, 4.69) is 34.7 Å². The number of primary amides is 1. The summed E-state index contributed by atoms with van der Waals surface area (Å²) < 4.78 is 12.8. The highest BCUT2D eigenvalue weighted by Crippen LogP contribution is 2.31. The predicted molar refractivity (Wildman–Crippen MR) is 164 cm³/mol. The summed E-state index contributed by atoms with van der Waals surface area (Å²) >= 11 is 0. The normalized spacial score (nSPS) is 14.0. The molecule has 11 nitrogen and oxygen atoms in total. The number of nitrogens with zero attached hydrogens (tertiary/aromatic N) is 3. The lowest BCUT2D eigenvalue weighted by Crippen LogP contribution is -2.52. The second-order valence-electron chi connectivity index (χ2n) is 10.7. The SMILES string of the molecule is COc1ccc(C(=O)N2Cc3c(ncn3Cc3ccccc3C)CC2C(=O)NCc2cccc(CNC(N)=O)c2)cc1OC. The molecule has 4 N–H and O–H groups in total. The van der Waals surface area contributed by atoms with Gasteiger partial charge in [-0.15, -0.1) is 0 Å². The fraction of sp³-hybridized carbons (Fsp3) is 0.273. The van der Waals surface area contributed by atoms with E-state index >= 15 is 0 Å². The first kappa shape index (κ1) is 30.1. The Morgan fingerprint density at radius 1 is 0.932 bits per heavy atom. The Bertz CT molecular complexity index is 1680. The Balaban J connectivity index is 1.41. The fourth-order valence-electron chi connectivity index (χ4n) is 5.40. The van der Waals surface area contributed by atoms with E-state index in [4.69, 9.17) is 15.2 Å². The van der Waals surface area contributed by atoms with Crippen LogP contribution in [0.1, 0.15) is 44.0 Å². The Morgan fingerprint density at radius 3 is 2.36 bits per heavy atom. The third-order valence-electron chi connectivity index (χ3n) is 7.84. The van der Waals surface area contributed by atoms with Crippen molar-refractivity contribution in [1.82, 2.24) is 25.1 Å². The van der Waals surface area contributed by atoms with Crippen LogP contribution in [0.25, 0.3) is 0 Å². The van der Waals surface area contributed by atoms with Crippen LogP contribution in [0, 0.1) is 6.92 Å². The molecule has 3 aromatic carbocycles. The number of carbonyl (C=O) groups is 3. The number of nitrogens with one attached hydrogen (secondary N) is 2. The Morgan fingerprint density at radius 2 is 1.66 bits per heavy atom. The zero-order valence-corrected chi connectivity index (χ0v) is 25.0. The van der Waals surface area contributed by atoms with Crippen LogP contribution in [0.5, 0.6) is 11.5 Å². The van der Waals surface area contributed by atoms with Crippen molar-refractivity contribution in [3.05, 3.63) is 112 Å². The number of methoxy groups -OCH3 is 2. The summed E-state index contributed by atoms with van der Waals surface area (Å²) in [6, 6.07) is 19.2. The van der Waals surface area contributed by atoms with E-state index in [9.17, 15) is 14.4 Å². The third-order valence-corrected chi connectivity index (χ3v) is 7.84. The molecule has 5 rings (SSSR count). The lowest BCUT2D eigenvalue weighted by Gasteiger charge is -2.35. The van der Waals surface area contributed by atoms with Gasteiger partial charge in [0.2, 0.25) is 5.91 Å². The number of hydrogen-bond donors (Lipinski definition) is 3. The molecular weight excluding hydrogens is 560 g/mol. The van der Waals surface area contributed by atoms with Crippen molar-refractivity contribution in [3.63, 3.8) is 0 Å². The molecule has 228 valence electrons. The van der Waals surface area contributed by atoms with Gasteiger partial charge in [-0.1, -0.05) is 48.5 Å². The molecule has 0 radical (unpaired) electrons. The van der Waals surface area contributed by atoms with Crippen molar-refractivity contribution in [2.45, 2.75) is 45.6 Å². The lowest BCUT2D eigenvalue weighted by molar-refractivity contribution is -0.126. The van der Waals surface area contributed by atoms with E-state index < -0.39 is 12.1 Å². The Kier molecular flexibility index (Phi) is 9.13. The number of amides is 4. The van der Waals surface area contributed by atoms with Gasteiger partial charge in [0.1, 0.15) is 6.04 Å². The molecule has 1 aromatic heterocycles. The summed E-state index contributed by atoms with van der Waals surface area (Å²) in [6.45, 7) is 3.40. The first-order chi connectivity index (χ1) is 21.3. The molecule has 4 amide bonds. The predicted octanol–water partition coefficient (Wildman–Crippen LogP) is 3.31. The summed E-state index contributed by atoms with van der Waals surface area (Å²) in [5, 5.41) is 5.56. The van der Waals surface area contributed by atoms with Gasteiger partial charge in [0.05, 0.1) is 38.5 Å². The van der Waals surface area contributed by atoms with E-state index in [0.717, 1.165) is 33.6 Å². The van der Waals surface area contributed by atoms with Gasteiger partial charge in [0.25, 0.3) is 5.91 Å². The molecule has 0 spiro atoms. The minimum atomic E-state index is -0.787. The summed E-state index contributed by atoms with van der Waals surface area (Å²) in [5.74, 6) is 0.328. The third kappa shape index (κ3) is 6.67. The number of nitrogens with two attached hydrogens (primary N) is 1. The van der Waals surface area contributed by atoms with Crippen molar-refractivity contribution >= 4 is 17.8 Å². The number of benzene rings is 3. The zero-order chi connectivity index (χ0) is 31.2. The molecular formula is C33H36N6O5. The highest BCUT2D eigenvalue weighted by Gasteiger charge is 2.37. The first-order valence-corrected chi connectivity index (χ1v) is 14.3. The van der Waals surface area contributed by atoms with Crippen LogP contribution in [-0.4, -0.2) is 52.6 Å². The topological polar surface area (TPSA) is 141 Å². The summed E-state index contributed by atoms with van der Waals surface area (Å²) in [7, 11) is 3.05. The molecule has 1 unspecified atom stereocenters. The van der Waals surface area contributed by atoms with Gasteiger partial charge in [-0.2, -0.15) is 0 Å². The molecule has 4 aromatic rings. The van der Waals surface area contributed by atoms with Gasteiger partial charge in [0.15, 0.2) is 11.5 Å².